The second-order valence-electron chi connectivity index (χ2n) is 3.50. The number of rotatable bonds is 4. The zero-order valence-electron chi connectivity index (χ0n) is 8.50. The molecule has 1 aromatic rings. The van der Waals surface area contributed by atoms with Gasteiger partial charge in [0.15, 0.2) is 0 Å². The number of aryl methyl sites for hydroxylation is 1. The molecule has 0 fully saturated rings. The molecule has 14 heavy (non-hydrogen) atoms. The number of aromatic nitrogens is 2. The standard InChI is InChI=1S/C9H16N4O/c1-6(10)5-11-9(14)4-8-3-7(2)12-13-8/h3,6H,4-5,10H2,1-2H3,(H,11,14)(H,12,13). The molecule has 1 atom stereocenters. The molecule has 0 aliphatic carbocycles. The molecule has 4 N–H and O–H groups in total. The van der Waals surface area contributed by atoms with Crippen molar-refractivity contribution in [2.45, 2.75) is 26.3 Å². The van der Waals surface area contributed by atoms with Crippen LogP contribution in [0.4, 0.5) is 0 Å². The van der Waals surface area contributed by atoms with Gasteiger partial charge in [-0.25, -0.2) is 0 Å². The smallest absolute Gasteiger partial charge is 0.226 e. The topological polar surface area (TPSA) is 83.8 Å². The Kier molecular flexibility index (Phi) is 3.64. The summed E-state index contributed by atoms with van der Waals surface area (Å²) >= 11 is 0. The second kappa shape index (κ2) is 4.76. The third kappa shape index (κ3) is 3.57. The van der Waals surface area contributed by atoms with Crippen LogP contribution in [0.25, 0.3) is 0 Å². The third-order valence-electron chi connectivity index (χ3n) is 1.72. The summed E-state index contributed by atoms with van der Waals surface area (Å²) in [5.74, 6) is -0.0474. The first kappa shape index (κ1) is 10.7. The normalized spacial score (nSPS) is 12.5. The predicted molar refractivity (Wildman–Crippen MR) is 53.7 cm³/mol. The summed E-state index contributed by atoms with van der Waals surface area (Å²) in [6.07, 6.45) is 0.303. The van der Waals surface area contributed by atoms with Gasteiger partial charge >= 0.3 is 0 Å². The molecular weight excluding hydrogens is 180 g/mol. The van der Waals surface area contributed by atoms with Crippen LogP contribution in [0.2, 0.25) is 0 Å². The molecule has 0 saturated heterocycles. The van der Waals surface area contributed by atoms with Gasteiger partial charge in [-0.05, 0) is 19.9 Å². The Bertz CT molecular complexity index is 306. The van der Waals surface area contributed by atoms with Gasteiger partial charge in [-0.3, -0.25) is 9.89 Å². The number of carbonyl (C=O) groups excluding carboxylic acids is 1. The molecule has 0 aliphatic heterocycles. The van der Waals surface area contributed by atoms with Crippen molar-refractivity contribution in [3.63, 3.8) is 0 Å². The number of H-pyrrole nitrogens is 1. The first-order valence-corrected chi connectivity index (χ1v) is 4.61. The van der Waals surface area contributed by atoms with Crippen LogP contribution in [0, 0.1) is 6.92 Å². The van der Waals surface area contributed by atoms with E-state index in [1.54, 1.807) is 0 Å². The summed E-state index contributed by atoms with van der Waals surface area (Å²) < 4.78 is 0. The minimum atomic E-state index is -0.0474. The first-order valence-electron chi connectivity index (χ1n) is 4.61. The Hall–Kier alpha value is -1.36. The Morgan fingerprint density at radius 2 is 2.50 bits per heavy atom. The average Bonchev–Trinajstić information content (AvgIpc) is 2.48. The zero-order chi connectivity index (χ0) is 10.6. The maximum Gasteiger partial charge on any atom is 0.226 e. The van der Waals surface area contributed by atoms with Gasteiger partial charge < -0.3 is 11.1 Å². The lowest BCUT2D eigenvalue weighted by Gasteiger charge is -2.06. The molecule has 1 aromatic heterocycles. The van der Waals surface area contributed by atoms with Crippen LogP contribution in [0.1, 0.15) is 18.3 Å². The Morgan fingerprint density at radius 1 is 1.79 bits per heavy atom. The van der Waals surface area contributed by atoms with E-state index in [1.165, 1.54) is 0 Å². The first-order chi connectivity index (χ1) is 6.58. The second-order valence-corrected chi connectivity index (χ2v) is 3.50. The third-order valence-corrected chi connectivity index (χ3v) is 1.72. The molecule has 0 saturated carbocycles. The molecule has 5 nitrogen and oxygen atoms in total. The van der Waals surface area contributed by atoms with Crippen molar-refractivity contribution in [1.29, 1.82) is 0 Å². The molecule has 1 amide bonds. The van der Waals surface area contributed by atoms with Crippen molar-refractivity contribution >= 4 is 5.91 Å². The number of nitrogens with two attached hydrogens (primary N) is 1. The Morgan fingerprint density at radius 3 is 3.00 bits per heavy atom. The van der Waals surface area contributed by atoms with E-state index in [0.717, 1.165) is 11.4 Å². The minimum Gasteiger partial charge on any atom is -0.354 e. The Balaban J connectivity index is 2.34. The van der Waals surface area contributed by atoms with Gasteiger partial charge in [-0.2, -0.15) is 5.10 Å². The van der Waals surface area contributed by atoms with Crippen LogP contribution in [-0.4, -0.2) is 28.7 Å². The predicted octanol–water partition coefficient (Wildman–Crippen LogP) is -0.276. The summed E-state index contributed by atoms with van der Waals surface area (Å²) in [6, 6.07) is 1.84. The van der Waals surface area contributed by atoms with Crippen LogP contribution in [0.15, 0.2) is 6.07 Å². The van der Waals surface area contributed by atoms with E-state index in [9.17, 15) is 4.79 Å². The number of carbonyl (C=O) groups is 1. The fourth-order valence-corrected chi connectivity index (χ4v) is 1.07. The molecule has 78 valence electrons. The molecule has 1 unspecified atom stereocenters. The van der Waals surface area contributed by atoms with Crippen LogP contribution >= 0.6 is 0 Å². The lowest BCUT2D eigenvalue weighted by molar-refractivity contribution is -0.120. The highest BCUT2D eigenvalue weighted by Gasteiger charge is 2.06. The summed E-state index contributed by atoms with van der Waals surface area (Å²) in [6.45, 7) is 4.25. The van der Waals surface area contributed by atoms with E-state index in [2.05, 4.69) is 15.5 Å². The van der Waals surface area contributed by atoms with E-state index in [4.69, 9.17) is 5.73 Å². The number of hydrogen-bond donors (Lipinski definition) is 3. The monoisotopic (exact) mass is 196 g/mol. The number of nitrogens with one attached hydrogen (secondary N) is 2. The summed E-state index contributed by atoms with van der Waals surface area (Å²) in [5.41, 5.74) is 7.21. The van der Waals surface area contributed by atoms with E-state index >= 15 is 0 Å². The highest BCUT2D eigenvalue weighted by Crippen LogP contribution is 1.98. The van der Waals surface area contributed by atoms with Crippen molar-refractivity contribution in [3.8, 4) is 0 Å². The summed E-state index contributed by atoms with van der Waals surface area (Å²) in [5, 5.41) is 9.47. The molecule has 5 heteroatoms. The van der Waals surface area contributed by atoms with Gasteiger partial charge in [-0.15, -0.1) is 0 Å². The molecule has 1 rings (SSSR count). The van der Waals surface area contributed by atoms with Crippen molar-refractivity contribution in [2.75, 3.05) is 6.54 Å². The van der Waals surface area contributed by atoms with Crippen LogP contribution < -0.4 is 11.1 Å². The van der Waals surface area contributed by atoms with Gasteiger partial charge in [0, 0.05) is 18.3 Å². The summed E-state index contributed by atoms with van der Waals surface area (Å²) in [4.78, 5) is 11.3. The van der Waals surface area contributed by atoms with Gasteiger partial charge in [-0.1, -0.05) is 0 Å². The molecule has 0 aliphatic rings. The quantitative estimate of drug-likeness (QED) is 0.619. The zero-order valence-corrected chi connectivity index (χ0v) is 8.50. The van der Waals surface area contributed by atoms with Crippen LogP contribution in [0.3, 0.4) is 0 Å². The molecule has 0 bridgehead atoms. The van der Waals surface area contributed by atoms with E-state index in [1.807, 2.05) is 19.9 Å². The highest BCUT2D eigenvalue weighted by atomic mass is 16.1. The number of nitrogens with zero attached hydrogens (tertiary/aromatic N) is 1. The molecule has 1 heterocycles. The van der Waals surface area contributed by atoms with E-state index in [-0.39, 0.29) is 11.9 Å². The average molecular weight is 196 g/mol. The number of aromatic amines is 1. The summed E-state index contributed by atoms with van der Waals surface area (Å²) in [7, 11) is 0. The molecule has 0 spiro atoms. The van der Waals surface area contributed by atoms with E-state index in [0.29, 0.717) is 13.0 Å². The van der Waals surface area contributed by atoms with Gasteiger partial charge in [0.05, 0.1) is 12.1 Å². The largest absolute Gasteiger partial charge is 0.354 e. The Labute approximate surface area is 83.1 Å². The lowest BCUT2D eigenvalue weighted by Crippen LogP contribution is -2.35. The maximum atomic E-state index is 11.3. The lowest BCUT2D eigenvalue weighted by atomic mass is 10.2. The van der Waals surface area contributed by atoms with Crippen molar-refractivity contribution in [2.24, 2.45) is 5.73 Å². The van der Waals surface area contributed by atoms with E-state index < -0.39 is 0 Å². The minimum absolute atomic E-state index is 0.0140. The van der Waals surface area contributed by atoms with Crippen molar-refractivity contribution in [1.82, 2.24) is 15.5 Å². The highest BCUT2D eigenvalue weighted by molar-refractivity contribution is 5.78. The van der Waals surface area contributed by atoms with Gasteiger partial charge in [0.1, 0.15) is 0 Å². The molecule has 0 aromatic carbocycles. The SMILES string of the molecule is Cc1cc(CC(=O)NCC(C)N)n[nH]1. The van der Waals surface area contributed by atoms with Crippen LogP contribution in [-0.2, 0) is 11.2 Å². The maximum absolute atomic E-state index is 11.3. The number of amides is 1. The van der Waals surface area contributed by atoms with Gasteiger partial charge in [0.25, 0.3) is 0 Å². The molecule has 0 radical (unpaired) electrons. The van der Waals surface area contributed by atoms with Crippen LogP contribution in [0.5, 0.6) is 0 Å². The van der Waals surface area contributed by atoms with Crippen molar-refractivity contribution in [3.05, 3.63) is 17.5 Å². The van der Waals surface area contributed by atoms with Crippen molar-refractivity contribution < 1.29 is 4.79 Å². The number of hydrogen-bond acceptors (Lipinski definition) is 3. The fourth-order valence-electron chi connectivity index (χ4n) is 1.07. The van der Waals surface area contributed by atoms with Gasteiger partial charge in [0.2, 0.25) is 5.91 Å². The molecular formula is C9H16N4O. The fraction of sp³-hybridized carbons (Fsp3) is 0.556.